The highest BCUT2D eigenvalue weighted by Crippen LogP contribution is 2.24. The minimum atomic E-state index is -0.388. The third kappa shape index (κ3) is 4.23. The van der Waals surface area contributed by atoms with E-state index in [9.17, 15) is 4.79 Å². The van der Waals surface area contributed by atoms with Gasteiger partial charge in [0, 0.05) is 27.3 Å². The van der Waals surface area contributed by atoms with Gasteiger partial charge in [-0.1, -0.05) is 29.8 Å². The smallest absolute Gasteiger partial charge is 0.246 e. The van der Waals surface area contributed by atoms with Crippen molar-refractivity contribution in [3.8, 4) is 11.3 Å². The molecule has 2 aromatic carbocycles. The summed E-state index contributed by atoms with van der Waals surface area (Å²) in [5.41, 5.74) is 4.50. The average Bonchev–Trinajstić information content (AvgIpc) is 3.06. The highest BCUT2D eigenvalue weighted by Gasteiger charge is 2.14. The highest BCUT2D eigenvalue weighted by atomic mass is 35.5. The summed E-state index contributed by atoms with van der Waals surface area (Å²) in [5.74, 6) is -0.116. The van der Waals surface area contributed by atoms with Crippen molar-refractivity contribution in [3.63, 3.8) is 0 Å². The molecule has 0 saturated carbocycles. The summed E-state index contributed by atoms with van der Waals surface area (Å²) in [6, 6.07) is 13.0. The number of rotatable bonds is 5. The number of carbonyl (C=O) groups excluding carboxylic acids is 1. The highest BCUT2D eigenvalue weighted by molar-refractivity contribution is 7.09. The van der Waals surface area contributed by atoms with Gasteiger partial charge in [0.05, 0.1) is 10.7 Å². The lowest BCUT2D eigenvalue weighted by atomic mass is 10.1. The van der Waals surface area contributed by atoms with E-state index in [1.54, 1.807) is 17.4 Å². The molecule has 0 radical (unpaired) electrons. The predicted octanol–water partition coefficient (Wildman–Crippen LogP) is 5.52. The Balaban J connectivity index is 1.64. The maximum Gasteiger partial charge on any atom is 0.246 e. The Labute approximate surface area is 162 Å². The lowest BCUT2D eigenvalue weighted by Gasteiger charge is -2.17. The number of carbonyl (C=O) groups is 1. The monoisotopic (exact) mass is 385 g/mol. The maximum atomic E-state index is 12.4. The summed E-state index contributed by atoms with van der Waals surface area (Å²) in [4.78, 5) is 16.9. The van der Waals surface area contributed by atoms with Crippen LogP contribution in [0.5, 0.6) is 0 Å². The molecule has 26 heavy (non-hydrogen) atoms. The fraction of sp³-hybridized carbons (Fsp3) is 0.200. The Morgan fingerprint density at radius 2 is 1.88 bits per heavy atom. The van der Waals surface area contributed by atoms with Crippen LogP contribution in [-0.4, -0.2) is 16.9 Å². The van der Waals surface area contributed by atoms with Crippen LogP contribution in [0.2, 0.25) is 5.02 Å². The van der Waals surface area contributed by atoms with Crippen molar-refractivity contribution in [3.05, 3.63) is 63.4 Å². The van der Waals surface area contributed by atoms with Gasteiger partial charge in [-0.3, -0.25) is 4.79 Å². The average molecular weight is 386 g/mol. The van der Waals surface area contributed by atoms with Gasteiger partial charge in [0.25, 0.3) is 0 Å². The number of aryl methyl sites for hydroxylation is 1. The molecule has 0 aliphatic carbocycles. The first kappa shape index (κ1) is 18.4. The molecule has 1 amide bonds. The molecule has 0 fully saturated rings. The molecule has 1 aromatic heterocycles. The molecule has 6 heteroatoms. The molecule has 0 aliphatic heterocycles. The quantitative estimate of drug-likeness (QED) is 0.608. The van der Waals surface area contributed by atoms with Crippen LogP contribution >= 0.6 is 22.9 Å². The number of hydrogen-bond donors (Lipinski definition) is 2. The van der Waals surface area contributed by atoms with E-state index in [-0.39, 0.29) is 11.9 Å². The molecule has 1 unspecified atom stereocenters. The molecular weight excluding hydrogens is 366 g/mol. The van der Waals surface area contributed by atoms with Gasteiger partial charge >= 0.3 is 0 Å². The van der Waals surface area contributed by atoms with Crippen LogP contribution in [0.1, 0.15) is 17.5 Å². The normalized spacial score (nSPS) is 11.8. The van der Waals surface area contributed by atoms with E-state index in [2.05, 4.69) is 15.6 Å². The van der Waals surface area contributed by atoms with Gasteiger partial charge in [-0.2, -0.15) is 0 Å². The van der Waals surface area contributed by atoms with Crippen LogP contribution < -0.4 is 10.6 Å². The molecule has 0 spiro atoms. The summed E-state index contributed by atoms with van der Waals surface area (Å²) in [6.45, 7) is 5.70. The molecule has 0 bridgehead atoms. The van der Waals surface area contributed by atoms with E-state index in [4.69, 9.17) is 11.6 Å². The van der Waals surface area contributed by atoms with Crippen molar-refractivity contribution >= 4 is 40.2 Å². The van der Waals surface area contributed by atoms with Gasteiger partial charge in [0.15, 0.2) is 0 Å². The van der Waals surface area contributed by atoms with Crippen LogP contribution in [0, 0.1) is 13.8 Å². The molecule has 134 valence electrons. The number of nitrogens with one attached hydrogen (secondary N) is 2. The van der Waals surface area contributed by atoms with Crippen molar-refractivity contribution in [2.45, 2.75) is 26.8 Å². The van der Waals surface area contributed by atoms with Gasteiger partial charge in [0.2, 0.25) is 5.91 Å². The minimum absolute atomic E-state index is 0.116. The van der Waals surface area contributed by atoms with Gasteiger partial charge in [0.1, 0.15) is 6.04 Å². The molecule has 4 nitrogen and oxygen atoms in total. The van der Waals surface area contributed by atoms with Crippen LogP contribution in [0.25, 0.3) is 11.3 Å². The molecule has 1 atom stereocenters. The SMILES string of the molecule is Cc1nc(-c2ccc(NC(C)C(=O)Nc3cccc(Cl)c3C)cc2)cs1. The Bertz CT molecular complexity index is 921. The van der Waals surface area contributed by atoms with Crippen molar-refractivity contribution < 1.29 is 4.79 Å². The van der Waals surface area contributed by atoms with E-state index >= 15 is 0 Å². The lowest BCUT2D eigenvalue weighted by molar-refractivity contribution is -0.116. The Morgan fingerprint density at radius 3 is 2.54 bits per heavy atom. The van der Waals surface area contributed by atoms with Gasteiger partial charge in [-0.15, -0.1) is 11.3 Å². The topological polar surface area (TPSA) is 54.0 Å². The van der Waals surface area contributed by atoms with Crippen molar-refractivity contribution in [1.29, 1.82) is 0 Å². The molecular formula is C20H20ClN3OS. The van der Waals surface area contributed by atoms with Crippen LogP contribution in [-0.2, 0) is 4.79 Å². The number of thiazole rings is 1. The van der Waals surface area contributed by atoms with E-state index < -0.39 is 0 Å². The van der Waals surface area contributed by atoms with Gasteiger partial charge < -0.3 is 10.6 Å². The summed E-state index contributed by atoms with van der Waals surface area (Å²) in [7, 11) is 0. The number of anilines is 2. The molecule has 3 rings (SSSR count). The second kappa shape index (κ2) is 7.89. The Hall–Kier alpha value is -2.37. The fourth-order valence-corrected chi connectivity index (χ4v) is 3.33. The van der Waals surface area contributed by atoms with Crippen molar-refractivity contribution in [2.75, 3.05) is 10.6 Å². The molecule has 2 N–H and O–H groups in total. The predicted molar refractivity (Wildman–Crippen MR) is 110 cm³/mol. The van der Waals surface area contributed by atoms with E-state index in [0.29, 0.717) is 5.02 Å². The van der Waals surface area contributed by atoms with E-state index in [0.717, 1.165) is 33.2 Å². The molecule has 0 aliphatic rings. The van der Waals surface area contributed by atoms with Crippen LogP contribution in [0.15, 0.2) is 47.8 Å². The third-order valence-electron chi connectivity index (χ3n) is 4.10. The fourth-order valence-electron chi connectivity index (χ4n) is 2.53. The summed E-state index contributed by atoms with van der Waals surface area (Å²) < 4.78 is 0. The minimum Gasteiger partial charge on any atom is -0.374 e. The molecule has 0 saturated heterocycles. The Kier molecular flexibility index (Phi) is 5.59. The zero-order chi connectivity index (χ0) is 18.7. The first-order valence-corrected chi connectivity index (χ1v) is 9.55. The maximum absolute atomic E-state index is 12.4. The van der Waals surface area contributed by atoms with Crippen molar-refractivity contribution in [1.82, 2.24) is 4.98 Å². The second-order valence-electron chi connectivity index (χ2n) is 6.10. The largest absolute Gasteiger partial charge is 0.374 e. The van der Waals surface area contributed by atoms with Crippen molar-refractivity contribution in [2.24, 2.45) is 0 Å². The molecule has 1 heterocycles. The number of hydrogen-bond acceptors (Lipinski definition) is 4. The summed E-state index contributed by atoms with van der Waals surface area (Å²) in [5, 5.41) is 9.86. The van der Waals surface area contributed by atoms with Gasteiger partial charge in [-0.05, 0) is 50.6 Å². The summed E-state index contributed by atoms with van der Waals surface area (Å²) in [6.07, 6.45) is 0. The summed E-state index contributed by atoms with van der Waals surface area (Å²) >= 11 is 7.73. The van der Waals surface area contributed by atoms with Gasteiger partial charge in [-0.25, -0.2) is 4.98 Å². The van der Waals surface area contributed by atoms with E-state index in [1.807, 2.05) is 62.5 Å². The zero-order valence-corrected chi connectivity index (χ0v) is 16.4. The first-order valence-electron chi connectivity index (χ1n) is 8.29. The number of nitrogens with zero attached hydrogens (tertiary/aromatic N) is 1. The van der Waals surface area contributed by atoms with E-state index in [1.165, 1.54) is 0 Å². The number of halogens is 1. The van der Waals surface area contributed by atoms with Crippen LogP contribution in [0.4, 0.5) is 11.4 Å². The Morgan fingerprint density at radius 1 is 1.15 bits per heavy atom. The number of amides is 1. The number of aromatic nitrogens is 1. The zero-order valence-electron chi connectivity index (χ0n) is 14.8. The first-order chi connectivity index (χ1) is 12.4. The third-order valence-corrected chi connectivity index (χ3v) is 5.28. The van der Waals surface area contributed by atoms with Crippen LogP contribution in [0.3, 0.4) is 0 Å². The standard InChI is InChI=1S/C20H20ClN3OS/c1-12-17(21)5-4-6-18(12)24-20(25)13(2)22-16-9-7-15(8-10-16)19-11-26-14(3)23-19/h4-11,13,22H,1-3H3,(H,24,25). The molecule has 3 aromatic rings. The lowest BCUT2D eigenvalue weighted by Crippen LogP contribution is -2.32. The second-order valence-corrected chi connectivity index (χ2v) is 7.57. The number of benzene rings is 2.